The van der Waals surface area contributed by atoms with E-state index in [1.807, 2.05) is 58.0 Å². The second kappa shape index (κ2) is 9.21. The first-order valence-electron chi connectivity index (χ1n) is 12.6. The highest BCUT2D eigenvalue weighted by Crippen LogP contribution is 2.38. The lowest BCUT2D eigenvalue weighted by molar-refractivity contribution is 0.0747. The van der Waals surface area contributed by atoms with E-state index in [0.717, 1.165) is 61.2 Å². The number of para-hydroxylation sites is 1. The number of nitrogens with two attached hydrogens (primary N) is 1. The number of rotatable bonds is 3. The van der Waals surface area contributed by atoms with Crippen molar-refractivity contribution in [2.24, 2.45) is 5.92 Å². The molecular formula is C28H30ClN5O2. The Morgan fingerprint density at radius 1 is 0.861 bits per heavy atom. The number of nitrogens with zero attached hydrogens (tertiary/aromatic N) is 4. The first-order valence-corrected chi connectivity index (χ1v) is 13.0. The third-order valence-corrected chi connectivity index (χ3v) is 8.17. The molecular weight excluding hydrogens is 474 g/mol. The van der Waals surface area contributed by atoms with Crippen LogP contribution in [0.25, 0.3) is 0 Å². The normalized spacial score (nSPS) is 21.3. The number of halogens is 1. The molecule has 1 amide bonds. The molecule has 6 rings (SSSR count). The number of nitrogen functional groups attached to an aromatic ring is 1. The smallest absolute Gasteiger partial charge is 0.254 e. The molecule has 2 aromatic carbocycles. The predicted molar refractivity (Wildman–Crippen MR) is 144 cm³/mol. The summed E-state index contributed by atoms with van der Waals surface area (Å²) in [6.45, 7) is 5.19. The highest BCUT2D eigenvalue weighted by molar-refractivity contribution is 6.33. The number of piperidine rings is 1. The molecule has 0 radical (unpaired) electrons. The second-order valence-electron chi connectivity index (χ2n) is 10.1. The maximum atomic E-state index is 13.3. The highest BCUT2D eigenvalue weighted by Gasteiger charge is 2.35. The van der Waals surface area contributed by atoms with Crippen LogP contribution in [0.4, 0.5) is 17.1 Å². The first kappa shape index (κ1) is 23.0. The molecule has 2 bridgehead atoms. The molecule has 4 heterocycles. The standard InChI is InChI=1S/C28H30ClN5O2/c29-22-4-1-2-5-25(22)31-10-12-32(13-11-31)28(36)20-8-9-26(23(30)15-20)33-16-19-14-21(18-33)24-6-3-7-27(35)34(24)17-19/h1-9,15,19,21H,10-14,16-18,30H2/t19-,21+/m1/s1. The summed E-state index contributed by atoms with van der Waals surface area (Å²) in [6, 6.07) is 19.1. The lowest BCUT2D eigenvalue weighted by Crippen LogP contribution is -2.49. The van der Waals surface area contributed by atoms with E-state index in [1.54, 1.807) is 6.07 Å². The Kier molecular flexibility index (Phi) is 5.88. The van der Waals surface area contributed by atoms with E-state index in [1.165, 1.54) is 0 Å². The lowest BCUT2D eigenvalue weighted by Gasteiger charge is -2.44. The van der Waals surface area contributed by atoms with Gasteiger partial charge in [-0.2, -0.15) is 0 Å². The van der Waals surface area contributed by atoms with Crippen molar-refractivity contribution < 1.29 is 4.79 Å². The molecule has 0 saturated carbocycles. The van der Waals surface area contributed by atoms with E-state index in [0.29, 0.717) is 36.2 Å². The van der Waals surface area contributed by atoms with Crippen LogP contribution in [0.2, 0.25) is 5.02 Å². The molecule has 2 atom stereocenters. The lowest BCUT2D eigenvalue weighted by atomic mass is 9.83. The molecule has 2 N–H and O–H groups in total. The summed E-state index contributed by atoms with van der Waals surface area (Å²) >= 11 is 6.36. The summed E-state index contributed by atoms with van der Waals surface area (Å²) < 4.78 is 1.94. The molecule has 0 spiro atoms. The van der Waals surface area contributed by atoms with Crippen LogP contribution >= 0.6 is 11.6 Å². The van der Waals surface area contributed by atoms with Crippen molar-refractivity contribution in [2.45, 2.75) is 18.9 Å². The number of amides is 1. The molecule has 3 aliphatic heterocycles. The highest BCUT2D eigenvalue weighted by atomic mass is 35.5. The van der Waals surface area contributed by atoms with E-state index in [-0.39, 0.29) is 11.5 Å². The van der Waals surface area contributed by atoms with Crippen molar-refractivity contribution in [3.05, 3.63) is 87.3 Å². The molecule has 8 heteroatoms. The van der Waals surface area contributed by atoms with E-state index in [4.69, 9.17) is 17.3 Å². The fraction of sp³-hybridized carbons (Fsp3) is 0.357. The molecule has 3 aliphatic rings. The van der Waals surface area contributed by atoms with Gasteiger partial charge in [-0.15, -0.1) is 0 Å². The number of anilines is 3. The van der Waals surface area contributed by atoms with Gasteiger partial charge in [-0.05, 0) is 48.7 Å². The van der Waals surface area contributed by atoms with Crippen molar-refractivity contribution >= 4 is 34.6 Å². The van der Waals surface area contributed by atoms with E-state index in [2.05, 4.69) is 15.9 Å². The van der Waals surface area contributed by atoms with Gasteiger partial charge in [0, 0.05) is 69.1 Å². The van der Waals surface area contributed by atoms with Gasteiger partial charge < -0.3 is 25.0 Å². The van der Waals surface area contributed by atoms with Crippen LogP contribution in [0.15, 0.2) is 65.5 Å². The van der Waals surface area contributed by atoms with Gasteiger partial charge in [0.05, 0.1) is 22.1 Å². The number of carbonyl (C=O) groups excluding carboxylic acids is 1. The van der Waals surface area contributed by atoms with Gasteiger partial charge in [-0.1, -0.05) is 29.8 Å². The summed E-state index contributed by atoms with van der Waals surface area (Å²) in [6.07, 6.45) is 1.09. The van der Waals surface area contributed by atoms with Crippen LogP contribution < -0.4 is 21.1 Å². The second-order valence-corrected chi connectivity index (χ2v) is 10.5. The molecule has 186 valence electrons. The van der Waals surface area contributed by atoms with Gasteiger partial charge in [-0.25, -0.2) is 0 Å². The molecule has 1 aromatic heterocycles. The van der Waals surface area contributed by atoms with Gasteiger partial charge in [0.25, 0.3) is 11.5 Å². The number of fused-ring (bicyclic) bond motifs is 4. The van der Waals surface area contributed by atoms with E-state index >= 15 is 0 Å². The average molecular weight is 504 g/mol. The van der Waals surface area contributed by atoms with Crippen LogP contribution in [-0.4, -0.2) is 54.6 Å². The minimum absolute atomic E-state index is 0.0101. The van der Waals surface area contributed by atoms with Gasteiger partial charge in [0.1, 0.15) is 0 Å². The zero-order chi connectivity index (χ0) is 24.8. The van der Waals surface area contributed by atoms with Crippen LogP contribution in [0.3, 0.4) is 0 Å². The number of aromatic nitrogens is 1. The Morgan fingerprint density at radius 3 is 2.44 bits per heavy atom. The van der Waals surface area contributed by atoms with Gasteiger partial charge >= 0.3 is 0 Å². The third-order valence-electron chi connectivity index (χ3n) is 7.85. The molecule has 0 aliphatic carbocycles. The fourth-order valence-corrected chi connectivity index (χ4v) is 6.37. The van der Waals surface area contributed by atoms with E-state index < -0.39 is 0 Å². The molecule has 36 heavy (non-hydrogen) atoms. The summed E-state index contributed by atoms with van der Waals surface area (Å²) in [5, 5.41) is 0.734. The van der Waals surface area contributed by atoms with Crippen molar-refractivity contribution in [1.29, 1.82) is 0 Å². The number of benzene rings is 2. The summed E-state index contributed by atoms with van der Waals surface area (Å²) in [5.74, 6) is 0.726. The van der Waals surface area contributed by atoms with Crippen molar-refractivity contribution in [1.82, 2.24) is 9.47 Å². The molecule has 3 aromatic rings. The van der Waals surface area contributed by atoms with Gasteiger partial charge in [0.15, 0.2) is 0 Å². The summed E-state index contributed by atoms with van der Waals surface area (Å²) in [7, 11) is 0. The van der Waals surface area contributed by atoms with Gasteiger partial charge in [-0.3, -0.25) is 9.59 Å². The SMILES string of the molecule is Nc1cc(C(=O)N2CCN(c3ccccc3Cl)CC2)ccc1N1C[C@H]2C[C@@H](C1)c1cccc(=O)n1C2. The molecule has 7 nitrogen and oxygen atoms in total. The number of pyridine rings is 1. The minimum atomic E-state index is 0.0101. The quantitative estimate of drug-likeness (QED) is 0.552. The summed E-state index contributed by atoms with van der Waals surface area (Å²) in [4.78, 5) is 32.0. The number of piperazine rings is 1. The monoisotopic (exact) mass is 503 g/mol. The summed E-state index contributed by atoms with van der Waals surface area (Å²) in [5.41, 5.74) is 10.9. The van der Waals surface area contributed by atoms with Crippen molar-refractivity contribution in [3.63, 3.8) is 0 Å². The van der Waals surface area contributed by atoms with Crippen molar-refractivity contribution in [2.75, 3.05) is 54.8 Å². The Balaban J connectivity index is 1.15. The largest absolute Gasteiger partial charge is 0.397 e. The molecule has 2 saturated heterocycles. The van der Waals surface area contributed by atoms with E-state index in [9.17, 15) is 9.59 Å². The average Bonchev–Trinajstić information content (AvgIpc) is 2.89. The zero-order valence-electron chi connectivity index (χ0n) is 20.1. The zero-order valence-corrected chi connectivity index (χ0v) is 20.9. The number of hydrogen-bond donors (Lipinski definition) is 1. The minimum Gasteiger partial charge on any atom is -0.397 e. The Labute approximate surface area is 215 Å². The number of hydrogen-bond acceptors (Lipinski definition) is 5. The first-order chi connectivity index (χ1) is 17.5. The maximum Gasteiger partial charge on any atom is 0.254 e. The van der Waals surface area contributed by atoms with Crippen LogP contribution in [0, 0.1) is 5.92 Å². The maximum absolute atomic E-state index is 13.3. The van der Waals surface area contributed by atoms with Crippen LogP contribution in [0.1, 0.15) is 28.4 Å². The Hall–Kier alpha value is -3.45. The van der Waals surface area contributed by atoms with Crippen LogP contribution in [0.5, 0.6) is 0 Å². The van der Waals surface area contributed by atoms with Gasteiger partial charge in [0.2, 0.25) is 0 Å². The number of carbonyl (C=O) groups is 1. The van der Waals surface area contributed by atoms with Crippen LogP contribution in [-0.2, 0) is 6.54 Å². The van der Waals surface area contributed by atoms with Crippen molar-refractivity contribution in [3.8, 4) is 0 Å². The predicted octanol–water partition coefficient (Wildman–Crippen LogP) is 3.67. The Bertz CT molecular complexity index is 1360. The molecule has 2 fully saturated rings. The fourth-order valence-electron chi connectivity index (χ4n) is 6.11. The molecule has 0 unspecified atom stereocenters. The third kappa shape index (κ3) is 4.11. The Morgan fingerprint density at radius 2 is 1.67 bits per heavy atom. The topological polar surface area (TPSA) is 74.8 Å².